The van der Waals surface area contributed by atoms with Gasteiger partial charge < -0.3 is 9.26 Å². The van der Waals surface area contributed by atoms with Gasteiger partial charge in [-0.2, -0.15) is 4.98 Å². The lowest BCUT2D eigenvalue weighted by atomic mass is 10.2. The van der Waals surface area contributed by atoms with Crippen LogP contribution in [0, 0.1) is 0 Å². The van der Waals surface area contributed by atoms with Crippen molar-refractivity contribution >= 4 is 21.6 Å². The van der Waals surface area contributed by atoms with E-state index in [2.05, 4.69) is 15.1 Å². The van der Waals surface area contributed by atoms with Crippen molar-refractivity contribution < 1.29 is 9.26 Å². The molecule has 0 amide bonds. The Morgan fingerprint density at radius 3 is 2.88 bits per heavy atom. The van der Waals surface area contributed by atoms with Crippen LogP contribution in [-0.2, 0) is 6.54 Å². The molecule has 0 bridgehead atoms. The van der Waals surface area contributed by atoms with Crippen LogP contribution >= 0.6 is 11.3 Å². The van der Waals surface area contributed by atoms with Gasteiger partial charge in [0.15, 0.2) is 5.82 Å². The Balaban J connectivity index is 1.62. The molecule has 0 unspecified atom stereocenters. The molecule has 0 aliphatic heterocycles. The summed E-state index contributed by atoms with van der Waals surface area (Å²) in [6.45, 7) is 0.208. The molecular weight excluding hydrogens is 328 g/mol. The molecule has 0 radical (unpaired) electrons. The van der Waals surface area contributed by atoms with Gasteiger partial charge >= 0.3 is 0 Å². The van der Waals surface area contributed by atoms with Crippen molar-refractivity contribution in [2.75, 3.05) is 7.11 Å². The fourth-order valence-corrected chi connectivity index (χ4v) is 3.11. The first-order valence-electron chi connectivity index (χ1n) is 7.14. The van der Waals surface area contributed by atoms with Crippen LogP contribution in [0.3, 0.4) is 0 Å². The predicted molar refractivity (Wildman–Crippen MR) is 89.3 cm³/mol. The topological polar surface area (TPSA) is 83.0 Å². The van der Waals surface area contributed by atoms with Crippen molar-refractivity contribution in [3.8, 4) is 17.2 Å². The Hall–Kier alpha value is -3.00. The molecule has 3 heterocycles. The monoisotopic (exact) mass is 340 g/mol. The van der Waals surface area contributed by atoms with Crippen molar-refractivity contribution in [3.05, 3.63) is 58.2 Å². The molecule has 4 rings (SSSR count). The van der Waals surface area contributed by atoms with E-state index in [1.807, 2.05) is 35.7 Å². The normalized spacial score (nSPS) is 11.0. The summed E-state index contributed by atoms with van der Waals surface area (Å²) in [5.74, 6) is 1.56. The van der Waals surface area contributed by atoms with E-state index in [1.54, 1.807) is 7.11 Å². The molecule has 0 saturated heterocycles. The number of benzene rings is 1. The Morgan fingerprint density at radius 1 is 1.25 bits per heavy atom. The summed E-state index contributed by atoms with van der Waals surface area (Å²) < 4.78 is 12.5. The van der Waals surface area contributed by atoms with E-state index in [1.165, 1.54) is 22.2 Å². The molecule has 4 aromatic rings. The van der Waals surface area contributed by atoms with E-state index in [4.69, 9.17) is 9.26 Å². The van der Waals surface area contributed by atoms with Gasteiger partial charge in [0, 0.05) is 5.56 Å². The van der Waals surface area contributed by atoms with Crippen LogP contribution in [0.15, 0.2) is 51.4 Å². The molecule has 0 spiro atoms. The number of aromatic nitrogens is 4. The lowest BCUT2D eigenvalue weighted by molar-refractivity contribution is 0.413. The minimum Gasteiger partial charge on any atom is -0.497 e. The van der Waals surface area contributed by atoms with Crippen molar-refractivity contribution in [2.45, 2.75) is 6.54 Å². The number of methoxy groups -OCH3 is 1. The van der Waals surface area contributed by atoms with Gasteiger partial charge in [-0.05, 0) is 35.7 Å². The first kappa shape index (κ1) is 14.6. The number of rotatable bonds is 4. The molecule has 0 aliphatic carbocycles. The van der Waals surface area contributed by atoms with Crippen LogP contribution in [0.4, 0.5) is 0 Å². The fourth-order valence-electron chi connectivity index (χ4n) is 2.31. The van der Waals surface area contributed by atoms with Crippen LogP contribution in [0.25, 0.3) is 21.7 Å². The van der Waals surface area contributed by atoms with Crippen molar-refractivity contribution in [1.82, 2.24) is 19.7 Å². The number of nitrogens with zero attached hydrogens (tertiary/aromatic N) is 4. The molecule has 24 heavy (non-hydrogen) atoms. The van der Waals surface area contributed by atoms with E-state index < -0.39 is 0 Å². The molecule has 0 aliphatic rings. The zero-order valence-electron chi connectivity index (χ0n) is 12.7. The van der Waals surface area contributed by atoms with Gasteiger partial charge in [-0.3, -0.25) is 9.36 Å². The third-order valence-electron chi connectivity index (χ3n) is 3.55. The molecule has 0 N–H and O–H groups in total. The second-order valence-electron chi connectivity index (χ2n) is 5.06. The first-order chi connectivity index (χ1) is 11.7. The van der Waals surface area contributed by atoms with E-state index in [0.29, 0.717) is 21.9 Å². The lowest BCUT2D eigenvalue weighted by Crippen LogP contribution is -2.20. The number of hydrogen-bond donors (Lipinski definition) is 0. The zero-order valence-corrected chi connectivity index (χ0v) is 13.5. The van der Waals surface area contributed by atoms with Gasteiger partial charge in [0.05, 0.1) is 25.5 Å². The summed E-state index contributed by atoms with van der Waals surface area (Å²) in [6.07, 6.45) is 1.50. The average molecular weight is 340 g/mol. The smallest absolute Gasteiger partial charge is 0.271 e. The number of hydrogen-bond acceptors (Lipinski definition) is 7. The molecule has 120 valence electrons. The molecular formula is C16H12N4O3S. The van der Waals surface area contributed by atoms with Gasteiger partial charge in [-0.1, -0.05) is 5.16 Å². The summed E-state index contributed by atoms with van der Waals surface area (Å²) in [4.78, 5) is 21.0. The second kappa shape index (κ2) is 5.89. The lowest BCUT2D eigenvalue weighted by Gasteiger charge is -2.00. The van der Waals surface area contributed by atoms with Gasteiger partial charge in [0.25, 0.3) is 11.4 Å². The quantitative estimate of drug-likeness (QED) is 0.568. The van der Waals surface area contributed by atoms with Gasteiger partial charge in [-0.25, -0.2) is 4.98 Å². The highest BCUT2D eigenvalue weighted by Crippen LogP contribution is 2.21. The second-order valence-corrected chi connectivity index (χ2v) is 5.97. The first-order valence-corrected chi connectivity index (χ1v) is 8.02. The maximum atomic E-state index is 12.4. The summed E-state index contributed by atoms with van der Waals surface area (Å²) in [6, 6.07) is 9.13. The van der Waals surface area contributed by atoms with Gasteiger partial charge in [0.1, 0.15) is 10.4 Å². The maximum Gasteiger partial charge on any atom is 0.271 e. The SMILES string of the molecule is COc1ccc(-c2nc(Cn3cnc4ccsc4c3=O)no2)cc1. The highest BCUT2D eigenvalue weighted by molar-refractivity contribution is 7.17. The number of ether oxygens (including phenoxy) is 1. The van der Waals surface area contributed by atoms with E-state index in [0.717, 1.165) is 11.3 Å². The van der Waals surface area contributed by atoms with Crippen LogP contribution in [0.1, 0.15) is 5.82 Å². The molecule has 0 atom stereocenters. The maximum absolute atomic E-state index is 12.4. The molecule has 7 nitrogen and oxygen atoms in total. The van der Waals surface area contributed by atoms with Crippen molar-refractivity contribution in [1.29, 1.82) is 0 Å². The Labute approximate surface area is 140 Å². The Bertz CT molecular complexity index is 1050. The molecule has 0 fully saturated rings. The average Bonchev–Trinajstić information content (AvgIpc) is 3.27. The van der Waals surface area contributed by atoms with Crippen LogP contribution < -0.4 is 10.3 Å². The van der Waals surface area contributed by atoms with E-state index in [9.17, 15) is 4.79 Å². The van der Waals surface area contributed by atoms with Crippen LogP contribution in [-0.4, -0.2) is 26.8 Å². The Morgan fingerprint density at radius 2 is 2.08 bits per heavy atom. The largest absolute Gasteiger partial charge is 0.497 e. The standard InChI is InChI=1S/C16H12N4O3S/c1-22-11-4-2-10(3-5-11)15-18-13(19-23-15)8-20-9-17-12-6-7-24-14(12)16(20)21/h2-7,9H,8H2,1H3. The van der Waals surface area contributed by atoms with Gasteiger partial charge in [-0.15, -0.1) is 11.3 Å². The Kier molecular flexibility index (Phi) is 3.58. The number of thiophene rings is 1. The third-order valence-corrected chi connectivity index (χ3v) is 4.44. The van der Waals surface area contributed by atoms with Gasteiger partial charge in [0.2, 0.25) is 0 Å². The van der Waals surface area contributed by atoms with E-state index in [-0.39, 0.29) is 12.1 Å². The molecule has 8 heteroatoms. The minimum atomic E-state index is -0.106. The van der Waals surface area contributed by atoms with Crippen LogP contribution in [0.5, 0.6) is 5.75 Å². The van der Waals surface area contributed by atoms with E-state index >= 15 is 0 Å². The molecule has 1 aromatic carbocycles. The van der Waals surface area contributed by atoms with Crippen molar-refractivity contribution in [2.24, 2.45) is 0 Å². The summed E-state index contributed by atoms with van der Waals surface area (Å²) >= 11 is 1.37. The summed E-state index contributed by atoms with van der Waals surface area (Å²) in [7, 11) is 1.61. The fraction of sp³-hybridized carbons (Fsp3) is 0.125. The highest BCUT2D eigenvalue weighted by atomic mass is 32.1. The van der Waals surface area contributed by atoms with Crippen LogP contribution in [0.2, 0.25) is 0 Å². The number of fused-ring (bicyclic) bond motifs is 1. The summed E-state index contributed by atoms with van der Waals surface area (Å²) in [5, 5.41) is 5.78. The molecule has 0 saturated carbocycles. The minimum absolute atomic E-state index is 0.106. The summed E-state index contributed by atoms with van der Waals surface area (Å²) in [5.41, 5.74) is 1.38. The predicted octanol–water partition coefficient (Wildman–Crippen LogP) is 2.56. The third kappa shape index (κ3) is 2.56. The molecule has 3 aromatic heterocycles. The van der Waals surface area contributed by atoms with Crippen molar-refractivity contribution in [3.63, 3.8) is 0 Å². The zero-order chi connectivity index (χ0) is 16.5. The highest BCUT2D eigenvalue weighted by Gasteiger charge is 2.12.